The fourth-order valence-corrected chi connectivity index (χ4v) is 3.20. The van der Waals surface area contributed by atoms with Crippen LogP contribution in [0.3, 0.4) is 0 Å². The van der Waals surface area contributed by atoms with Crippen molar-refractivity contribution in [2.24, 2.45) is 0 Å². The summed E-state index contributed by atoms with van der Waals surface area (Å²) in [6, 6.07) is 12.8. The fourth-order valence-electron chi connectivity index (χ4n) is 3.20. The van der Waals surface area contributed by atoms with E-state index in [1.54, 1.807) is 5.01 Å². The fraction of sp³-hybridized carbons (Fsp3) is 0.348. The van der Waals surface area contributed by atoms with Crippen molar-refractivity contribution >= 4 is 17.6 Å². The summed E-state index contributed by atoms with van der Waals surface area (Å²) in [5.41, 5.74) is 3.87. The maximum absolute atomic E-state index is 12.8. The Morgan fingerprint density at radius 2 is 1.74 bits per heavy atom. The zero-order valence-electron chi connectivity index (χ0n) is 18.0. The van der Waals surface area contributed by atoms with Crippen LogP contribution in [0.2, 0.25) is 0 Å². The van der Waals surface area contributed by atoms with Crippen molar-refractivity contribution in [2.45, 2.75) is 39.3 Å². The van der Waals surface area contributed by atoms with Crippen LogP contribution in [0.25, 0.3) is 0 Å². The minimum absolute atomic E-state index is 0.113. The number of nitrogens with one attached hydrogen (secondary N) is 2. The van der Waals surface area contributed by atoms with Gasteiger partial charge in [-0.25, -0.2) is 5.01 Å². The van der Waals surface area contributed by atoms with Crippen LogP contribution >= 0.6 is 0 Å². The van der Waals surface area contributed by atoms with E-state index < -0.39 is 18.1 Å². The van der Waals surface area contributed by atoms with Crippen LogP contribution in [0.1, 0.15) is 47.1 Å². The van der Waals surface area contributed by atoms with Crippen LogP contribution in [0.5, 0.6) is 5.75 Å². The predicted molar refractivity (Wildman–Crippen MR) is 117 cm³/mol. The molecule has 0 radical (unpaired) electrons. The normalized spacial score (nSPS) is 12.8. The molecule has 31 heavy (non-hydrogen) atoms. The number of hydrazine groups is 1. The molecule has 4 N–H and O–H groups in total. The van der Waals surface area contributed by atoms with Gasteiger partial charge in [0.25, 0.3) is 5.91 Å². The Bertz CT molecular complexity index is 917. The molecule has 8 heteroatoms. The molecule has 0 aliphatic carbocycles. The third-order valence-electron chi connectivity index (χ3n) is 4.82. The number of rotatable bonds is 10. The monoisotopic (exact) mass is 427 g/mol. The van der Waals surface area contributed by atoms with Crippen molar-refractivity contribution in [3.05, 3.63) is 65.2 Å². The van der Waals surface area contributed by atoms with E-state index in [1.807, 2.05) is 37.3 Å². The van der Waals surface area contributed by atoms with Crippen molar-refractivity contribution in [1.82, 2.24) is 15.8 Å². The van der Waals surface area contributed by atoms with E-state index in [0.29, 0.717) is 13.0 Å². The van der Waals surface area contributed by atoms with Crippen molar-refractivity contribution in [2.75, 3.05) is 13.1 Å². The highest BCUT2D eigenvalue weighted by molar-refractivity contribution is 6.00. The summed E-state index contributed by atoms with van der Waals surface area (Å²) >= 11 is 0. The number of aromatic hydroxyl groups is 1. The number of carbonyl (C=O) groups excluding carboxylic acids is 3. The molecule has 0 bridgehead atoms. The maximum Gasteiger partial charge on any atom is 0.251 e. The number of Topliss-reactive ketones (excluding diaryl/α,β-unsaturated/α-hetero) is 1. The number of phenols is 1. The average Bonchev–Trinajstić information content (AvgIpc) is 2.72. The molecule has 2 atom stereocenters. The molecule has 0 fully saturated rings. The minimum atomic E-state index is -0.985. The van der Waals surface area contributed by atoms with E-state index in [0.717, 1.165) is 5.56 Å². The van der Waals surface area contributed by atoms with Gasteiger partial charge in [-0.1, -0.05) is 37.3 Å². The van der Waals surface area contributed by atoms with E-state index in [1.165, 1.54) is 32.0 Å². The van der Waals surface area contributed by atoms with Crippen molar-refractivity contribution < 1.29 is 24.6 Å². The van der Waals surface area contributed by atoms with Gasteiger partial charge in [-0.15, -0.1) is 0 Å². The molecule has 0 aliphatic heterocycles. The molecule has 0 aliphatic rings. The first-order valence-electron chi connectivity index (χ1n) is 10.1. The van der Waals surface area contributed by atoms with E-state index >= 15 is 0 Å². The van der Waals surface area contributed by atoms with Crippen LogP contribution in [0, 0.1) is 0 Å². The van der Waals surface area contributed by atoms with Crippen LogP contribution in [-0.4, -0.2) is 58.1 Å². The molecular weight excluding hydrogens is 398 g/mol. The standard InChI is InChI=1S/C23H29N3O5/c1-4-26(25-16(3)28)14-22(30)20(12-17-8-6-5-7-9-17)24-23(31)18-10-11-19(15(2)27)21(29)13-18/h5-11,13,20,22,29-30H,4,12,14H2,1-3H3,(H,24,31)(H,25,28). The highest BCUT2D eigenvalue weighted by Gasteiger charge is 2.25. The molecule has 2 aromatic carbocycles. The third-order valence-corrected chi connectivity index (χ3v) is 4.82. The molecule has 2 amide bonds. The summed E-state index contributed by atoms with van der Waals surface area (Å²) in [4.78, 5) is 35.7. The summed E-state index contributed by atoms with van der Waals surface area (Å²) in [5, 5.41) is 25.3. The molecule has 2 unspecified atom stereocenters. The number of likely N-dealkylation sites (N-methyl/N-ethyl adjacent to an activating group) is 1. The van der Waals surface area contributed by atoms with Crippen LogP contribution in [-0.2, 0) is 11.2 Å². The lowest BCUT2D eigenvalue weighted by molar-refractivity contribution is -0.124. The lowest BCUT2D eigenvalue weighted by Gasteiger charge is -2.29. The molecule has 0 saturated heterocycles. The minimum Gasteiger partial charge on any atom is -0.507 e. The third kappa shape index (κ3) is 7.20. The van der Waals surface area contributed by atoms with E-state index in [9.17, 15) is 24.6 Å². The van der Waals surface area contributed by atoms with Gasteiger partial charge < -0.3 is 15.5 Å². The first kappa shape index (κ1) is 24.0. The number of ketones is 1. The van der Waals surface area contributed by atoms with Crippen molar-refractivity contribution in [3.63, 3.8) is 0 Å². The van der Waals surface area contributed by atoms with Gasteiger partial charge in [-0.2, -0.15) is 0 Å². The lowest BCUT2D eigenvalue weighted by Crippen LogP contribution is -2.53. The van der Waals surface area contributed by atoms with Gasteiger partial charge in [0.15, 0.2) is 5.78 Å². The Balaban J connectivity index is 2.21. The Hall–Kier alpha value is -3.23. The quantitative estimate of drug-likeness (QED) is 0.338. The number of hydrogen-bond acceptors (Lipinski definition) is 6. The number of benzene rings is 2. The SMILES string of the molecule is CCN(CC(O)C(Cc1ccccc1)NC(=O)c1ccc(C(C)=O)c(O)c1)NC(C)=O. The Morgan fingerprint density at radius 1 is 1.06 bits per heavy atom. The summed E-state index contributed by atoms with van der Waals surface area (Å²) < 4.78 is 0. The number of hydrogen-bond donors (Lipinski definition) is 4. The number of aliphatic hydroxyl groups is 1. The Kier molecular flexibility index (Phi) is 8.72. The topological polar surface area (TPSA) is 119 Å². The molecule has 0 aromatic heterocycles. The lowest BCUT2D eigenvalue weighted by atomic mass is 10.00. The number of phenolic OH excluding ortho intramolecular Hbond substituents is 1. The number of carbonyl (C=O) groups is 3. The van der Waals surface area contributed by atoms with Gasteiger partial charge in [0.2, 0.25) is 5.91 Å². The Morgan fingerprint density at radius 3 is 2.29 bits per heavy atom. The number of amides is 2. The van der Waals surface area contributed by atoms with Gasteiger partial charge in [-0.3, -0.25) is 19.8 Å². The van der Waals surface area contributed by atoms with E-state index in [2.05, 4.69) is 10.7 Å². The molecule has 0 heterocycles. The number of nitrogens with zero attached hydrogens (tertiary/aromatic N) is 1. The Labute approximate surface area is 181 Å². The first-order valence-corrected chi connectivity index (χ1v) is 10.1. The second kappa shape index (κ2) is 11.2. The summed E-state index contributed by atoms with van der Waals surface area (Å²) in [6.45, 7) is 5.14. The van der Waals surface area contributed by atoms with Crippen molar-refractivity contribution in [3.8, 4) is 5.75 Å². The van der Waals surface area contributed by atoms with Crippen LogP contribution < -0.4 is 10.7 Å². The van der Waals surface area contributed by atoms with E-state index in [-0.39, 0.29) is 35.1 Å². The zero-order chi connectivity index (χ0) is 23.0. The maximum atomic E-state index is 12.8. The highest BCUT2D eigenvalue weighted by atomic mass is 16.3. The van der Waals surface area contributed by atoms with Gasteiger partial charge in [0.1, 0.15) is 5.75 Å². The molecular formula is C23H29N3O5. The van der Waals surface area contributed by atoms with E-state index in [4.69, 9.17) is 0 Å². The average molecular weight is 428 g/mol. The van der Waals surface area contributed by atoms with Gasteiger partial charge in [0.05, 0.1) is 17.7 Å². The second-order valence-electron chi connectivity index (χ2n) is 7.33. The van der Waals surface area contributed by atoms with Gasteiger partial charge >= 0.3 is 0 Å². The summed E-state index contributed by atoms with van der Waals surface area (Å²) in [6.07, 6.45) is -0.621. The second-order valence-corrected chi connectivity index (χ2v) is 7.33. The van der Waals surface area contributed by atoms with Gasteiger partial charge in [-0.05, 0) is 37.1 Å². The van der Waals surface area contributed by atoms with Crippen LogP contribution in [0.15, 0.2) is 48.5 Å². The molecule has 0 spiro atoms. The summed E-state index contributed by atoms with van der Waals surface area (Å²) in [7, 11) is 0. The summed E-state index contributed by atoms with van der Waals surface area (Å²) in [5.74, 6) is -1.32. The largest absolute Gasteiger partial charge is 0.507 e. The molecule has 8 nitrogen and oxygen atoms in total. The predicted octanol–water partition coefficient (Wildman–Crippen LogP) is 1.67. The van der Waals surface area contributed by atoms with Gasteiger partial charge in [0, 0.05) is 25.6 Å². The van der Waals surface area contributed by atoms with Crippen LogP contribution in [0.4, 0.5) is 0 Å². The smallest absolute Gasteiger partial charge is 0.251 e. The molecule has 2 rings (SSSR count). The zero-order valence-corrected chi connectivity index (χ0v) is 18.0. The van der Waals surface area contributed by atoms with Crippen molar-refractivity contribution in [1.29, 1.82) is 0 Å². The molecule has 0 saturated carbocycles. The number of aliphatic hydroxyl groups excluding tert-OH is 1. The first-order chi connectivity index (χ1) is 14.7. The highest BCUT2D eigenvalue weighted by Crippen LogP contribution is 2.19. The molecule has 2 aromatic rings. The molecule has 166 valence electrons.